The van der Waals surface area contributed by atoms with Gasteiger partial charge in [0.15, 0.2) is 11.6 Å². The lowest BCUT2D eigenvalue weighted by Crippen LogP contribution is -2.42. The predicted octanol–water partition coefficient (Wildman–Crippen LogP) is 3.25. The van der Waals surface area contributed by atoms with E-state index in [1.165, 1.54) is 6.07 Å². The molecule has 28 heavy (non-hydrogen) atoms. The van der Waals surface area contributed by atoms with E-state index in [1.807, 2.05) is 12.1 Å². The van der Waals surface area contributed by atoms with Crippen molar-refractivity contribution in [1.29, 1.82) is 0 Å². The number of rotatable bonds is 5. The Bertz CT molecular complexity index is 852. The molecule has 0 radical (unpaired) electrons. The van der Waals surface area contributed by atoms with Crippen LogP contribution in [-0.2, 0) is 6.54 Å². The zero-order valence-electron chi connectivity index (χ0n) is 15.6. The molecule has 148 valence electrons. The Morgan fingerprint density at radius 2 is 1.79 bits per heavy atom. The largest absolute Gasteiger partial charge is 0.371 e. The van der Waals surface area contributed by atoms with Crippen LogP contribution in [0.3, 0.4) is 0 Å². The van der Waals surface area contributed by atoms with E-state index in [9.17, 15) is 13.6 Å². The summed E-state index contributed by atoms with van der Waals surface area (Å²) in [6.07, 6.45) is 1.84. The number of benzene rings is 2. The summed E-state index contributed by atoms with van der Waals surface area (Å²) in [4.78, 5) is 15.9. The number of anilines is 2. The van der Waals surface area contributed by atoms with Gasteiger partial charge in [0.1, 0.15) is 0 Å². The second-order valence-corrected chi connectivity index (χ2v) is 7.26. The number of urea groups is 1. The molecule has 2 amide bonds. The third-order valence-electron chi connectivity index (χ3n) is 5.47. The Labute approximate surface area is 163 Å². The maximum absolute atomic E-state index is 13.8. The van der Waals surface area contributed by atoms with Crippen molar-refractivity contribution in [3.63, 3.8) is 0 Å². The molecule has 0 aromatic heterocycles. The Kier molecular flexibility index (Phi) is 5.43. The van der Waals surface area contributed by atoms with E-state index < -0.39 is 11.6 Å². The Balaban J connectivity index is 1.33. The highest BCUT2D eigenvalue weighted by Crippen LogP contribution is 2.26. The van der Waals surface area contributed by atoms with E-state index in [1.54, 1.807) is 11.0 Å². The van der Waals surface area contributed by atoms with Gasteiger partial charge in [-0.1, -0.05) is 18.2 Å². The van der Waals surface area contributed by atoms with E-state index in [2.05, 4.69) is 27.7 Å². The van der Waals surface area contributed by atoms with Crippen LogP contribution >= 0.6 is 0 Å². The van der Waals surface area contributed by atoms with Gasteiger partial charge in [-0.15, -0.1) is 0 Å². The standard InChI is InChI=1S/C21H24F2N4O/c22-19-6-1-3-15(20(19)23)14-25-16-7-10-26(11-8-16)17-4-2-5-18(13-17)27-12-9-24-21(27)28/h1-6,13,16,25H,7-12,14H2,(H,24,28). The molecule has 0 unspecified atom stereocenters. The first-order valence-electron chi connectivity index (χ1n) is 9.68. The molecule has 5 nitrogen and oxygen atoms in total. The molecule has 7 heteroatoms. The molecule has 0 aliphatic carbocycles. The number of nitrogens with one attached hydrogen (secondary N) is 2. The number of amides is 2. The topological polar surface area (TPSA) is 47.6 Å². The highest BCUT2D eigenvalue weighted by atomic mass is 19.2. The summed E-state index contributed by atoms with van der Waals surface area (Å²) in [5, 5.41) is 6.17. The first-order valence-corrected chi connectivity index (χ1v) is 9.68. The molecular formula is C21H24F2N4O. The third kappa shape index (κ3) is 3.94. The molecule has 2 aliphatic heterocycles. The first kappa shape index (κ1) is 18.7. The molecule has 2 fully saturated rings. The van der Waals surface area contributed by atoms with Gasteiger partial charge in [0.2, 0.25) is 0 Å². The summed E-state index contributed by atoms with van der Waals surface area (Å²) in [5.41, 5.74) is 2.38. The van der Waals surface area contributed by atoms with Crippen molar-refractivity contribution < 1.29 is 13.6 Å². The monoisotopic (exact) mass is 386 g/mol. The van der Waals surface area contributed by atoms with Crippen LogP contribution in [0.1, 0.15) is 18.4 Å². The molecule has 0 atom stereocenters. The van der Waals surface area contributed by atoms with Crippen LogP contribution in [0, 0.1) is 11.6 Å². The molecule has 4 rings (SSSR count). The molecule has 2 saturated heterocycles. The highest BCUT2D eigenvalue weighted by Gasteiger charge is 2.23. The number of halogens is 2. The lowest BCUT2D eigenvalue weighted by molar-refractivity contribution is 0.252. The van der Waals surface area contributed by atoms with E-state index in [0.717, 1.165) is 43.4 Å². The Morgan fingerprint density at radius 1 is 1.04 bits per heavy atom. The molecule has 2 aliphatic rings. The van der Waals surface area contributed by atoms with E-state index in [-0.39, 0.29) is 12.1 Å². The van der Waals surface area contributed by atoms with Gasteiger partial charge in [-0.3, -0.25) is 4.90 Å². The second kappa shape index (κ2) is 8.14. The summed E-state index contributed by atoms with van der Waals surface area (Å²) >= 11 is 0. The average molecular weight is 386 g/mol. The van der Waals surface area contributed by atoms with Gasteiger partial charge in [-0.05, 0) is 37.1 Å². The van der Waals surface area contributed by atoms with Crippen molar-refractivity contribution in [2.75, 3.05) is 36.0 Å². The van der Waals surface area contributed by atoms with Gasteiger partial charge in [0, 0.05) is 55.7 Å². The van der Waals surface area contributed by atoms with Crippen LogP contribution in [0.5, 0.6) is 0 Å². The van der Waals surface area contributed by atoms with Crippen molar-refractivity contribution in [3.8, 4) is 0 Å². The molecule has 2 heterocycles. The molecule has 2 N–H and O–H groups in total. The fraction of sp³-hybridized carbons (Fsp3) is 0.381. The van der Waals surface area contributed by atoms with Crippen LogP contribution in [0.4, 0.5) is 25.0 Å². The summed E-state index contributed by atoms with van der Waals surface area (Å²) in [7, 11) is 0. The minimum atomic E-state index is -0.805. The van der Waals surface area contributed by atoms with Crippen LogP contribution in [0.25, 0.3) is 0 Å². The van der Waals surface area contributed by atoms with Gasteiger partial charge in [0.05, 0.1) is 0 Å². The minimum Gasteiger partial charge on any atom is -0.371 e. The second-order valence-electron chi connectivity index (χ2n) is 7.26. The van der Waals surface area contributed by atoms with Gasteiger partial charge in [-0.25, -0.2) is 13.6 Å². The molecule has 2 aromatic rings. The van der Waals surface area contributed by atoms with Crippen LogP contribution in [0.2, 0.25) is 0 Å². The maximum Gasteiger partial charge on any atom is 0.321 e. The van der Waals surface area contributed by atoms with Gasteiger partial charge in [0.25, 0.3) is 0 Å². The zero-order valence-corrected chi connectivity index (χ0v) is 15.6. The average Bonchev–Trinajstić information content (AvgIpc) is 3.15. The minimum absolute atomic E-state index is 0.0513. The zero-order chi connectivity index (χ0) is 19.5. The number of hydrogen-bond donors (Lipinski definition) is 2. The molecule has 0 spiro atoms. The summed E-state index contributed by atoms with van der Waals surface area (Å²) in [6, 6.07) is 12.6. The lowest BCUT2D eigenvalue weighted by Gasteiger charge is -2.34. The van der Waals surface area contributed by atoms with Gasteiger partial charge < -0.3 is 15.5 Å². The smallest absolute Gasteiger partial charge is 0.321 e. The fourth-order valence-electron chi connectivity index (χ4n) is 3.86. The number of nitrogens with zero attached hydrogens (tertiary/aromatic N) is 2. The number of hydrogen-bond acceptors (Lipinski definition) is 3. The number of piperidine rings is 1. The highest BCUT2D eigenvalue weighted by molar-refractivity contribution is 5.94. The third-order valence-corrected chi connectivity index (χ3v) is 5.47. The van der Waals surface area contributed by atoms with Crippen molar-refractivity contribution >= 4 is 17.4 Å². The summed E-state index contributed by atoms with van der Waals surface area (Å²) < 4.78 is 27.1. The van der Waals surface area contributed by atoms with Crippen molar-refractivity contribution in [3.05, 3.63) is 59.7 Å². The maximum atomic E-state index is 13.8. The number of carbonyl (C=O) groups excluding carboxylic acids is 1. The number of carbonyl (C=O) groups is 1. The van der Waals surface area contributed by atoms with Crippen LogP contribution < -0.4 is 20.4 Å². The van der Waals surface area contributed by atoms with E-state index in [0.29, 0.717) is 25.2 Å². The van der Waals surface area contributed by atoms with Crippen molar-refractivity contribution in [2.45, 2.75) is 25.4 Å². The normalized spacial score (nSPS) is 17.9. The lowest BCUT2D eigenvalue weighted by atomic mass is 10.0. The fourth-order valence-corrected chi connectivity index (χ4v) is 3.86. The Morgan fingerprint density at radius 3 is 2.54 bits per heavy atom. The van der Waals surface area contributed by atoms with Crippen molar-refractivity contribution in [2.24, 2.45) is 0 Å². The first-order chi connectivity index (χ1) is 13.6. The SMILES string of the molecule is O=C1NCCN1c1cccc(N2CCC(NCc3cccc(F)c3F)CC2)c1. The molecule has 2 aromatic carbocycles. The van der Waals surface area contributed by atoms with Gasteiger partial charge >= 0.3 is 6.03 Å². The van der Waals surface area contributed by atoms with E-state index >= 15 is 0 Å². The van der Waals surface area contributed by atoms with Crippen molar-refractivity contribution in [1.82, 2.24) is 10.6 Å². The molecular weight excluding hydrogens is 362 g/mol. The van der Waals surface area contributed by atoms with E-state index in [4.69, 9.17) is 0 Å². The summed E-state index contributed by atoms with van der Waals surface area (Å²) in [5.74, 6) is -1.57. The van der Waals surface area contributed by atoms with Crippen LogP contribution in [0.15, 0.2) is 42.5 Å². The van der Waals surface area contributed by atoms with Gasteiger partial charge in [-0.2, -0.15) is 0 Å². The Hall–Kier alpha value is -2.67. The predicted molar refractivity (Wildman–Crippen MR) is 106 cm³/mol. The molecule has 0 saturated carbocycles. The van der Waals surface area contributed by atoms with Crippen LogP contribution in [-0.4, -0.2) is 38.3 Å². The molecule has 0 bridgehead atoms. The quantitative estimate of drug-likeness (QED) is 0.829. The summed E-state index contributed by atoms with van der Waals surface area (Å²) in [6.45, 7) is 3.43.